The average molecular weight is 343 g/mol. The van der Waals surface area contributed by atoms with E-state index in [1.54, 1.807) is 0 Å². The minimum Gasteiger partial charge on any atom is -0.490 e. The predicted octanol–water partition coefficient (Wildman–Crippen LogP) is 5.89. The number of benzene rings is 1. The lowest BCUT2D eigenvalue weighted by Crippen LogP contribution is -2.02. The summed E-state index contributed by atoms with van der Waals surface area (Å²) in [4.78, 5) is 0.395. The standard InChI is InChI=1S/C17H27BrO2/c1-4-7-8-15(18)14-9-10-16(19-11-5-2)17(13-14)20-12-6-3/h9-10,13,15H,4-8,11-12H2,1-3H3. The number of alkyl halides is 1. The normalized spacial score (nSPS) is 12.2. The van der Waals surface area contributed by atoms with Crippen molar-refractivity contribution in [3.05, 3.63) is 23.8 Å². The van der Waals surface area contributed by atoms with Gasteiger partial charge < -0.3 is 9.47 Å². The summed E-state index contributed by atoms with van der Waals surface area (Å²) in [5.41, 5.74) is 1.27. The van der Waals surface area contributed by atoms with E-state index in [2.05, 4.69) is 48.8 Å². The maximum atomic E-state index is 5.83. The summed E-state index contributed by atoms with van der Waals surface area (Å²) in [6, 6.07) is 6.30. The van der Waals surface area contributed by atoms with E-state index in [0.717, 1.165) is 44.0 Å². The molecule has 1 aromatic carbocycles. The Morgan fingerprint density at radius 2 is 1.60 bits per heavy atom. The number of unbranched alkanes of at least 4 members (excludes halogenated alkanes) is 1. The van der Waals surface area contributed by atoms with Gasteiger partial charge in [-0.05, 0) is 37.0 Å². The third-order valence-electron chi connectivity index (χ3n) is 3.06. The molecule has 1 aromatic rings. The molecule has 1 unspecified atom stereocenters. The Labute approximate surface area is 132 Å². The van der Waals surface area contributed by atoms with E-state index >= 15 is 0 Å². The van der Waals surface area contributed by atoms with Crippen LogP contribution < -0.4 is 9.47 Å². The first-order valence-corrected chi connectivity index (χ1v) is 8.68. The van der Waals surface area contributed by atoms with Crippen LogP contribution in [-0.4, -0.2) is 13.2 Å². The molecule has 3 heteroatoms. The second-order valence-corrected chi connectivity index (χ2v) is 6.12. The molecule has 0 N–H and O–H groups in total. The van der Waals surface area contributed by atoms with Crippen molar-refractivity contribution in [3.8, 4) is 11.5 Å². The molecule has 0 aliphatic rings. The second-order valence-electron chi connectivity index (χ2n) is 5.01. The van der Waals surface area contributed by atoms with Crippen LogP contribution in [0.3, 0.4) is 0 Å². The highest BCUT2D eigenvalue weighted by Gasteiger charge is 2.12. The Bertz CT molecular complexity index is 379. The van der Waals surface area contributed by atoms with E-state index in [-0.39, 0.29) is 0 Å². The van der Waals surface area contributed by atoms with Gasteiger partial charge in [0, 0.05) is 4.83 Å². The van der Waals surface area contributed by atoms with Crippen molar-refractivity contribution >= 4 is 15.9 Å². The van der Waals surface area contributed by atoms with Gasteiger partial charge in [-0.1, -0.05) is 55.6 Å². The highest BCUT2D eigenvalue weighted by molar-refractivity contribution is 9.09. The molecule has 0 saturated heterocycles. The molecular formula is C17H27BrO2. The minimum absolute atomic E-state index is 0.395. The van der Waals surface area contributed by atoms with Crippen molar-refractivity contribution in [1.82, 2.24) is 0 Å². The lowest BCUT2D eigenvalue weighted by Gasteiger charge is -2.16. The Kier molecular flexibility index (Phi) is 8.75. The van der Waals surface area contributed by atoms with Crippen LogP contribution in [0.1, 0.15) is 63.3 Å². The molecule has 1 rings (SSSR count). The summed E-state index contributed by atoms with van der Waals surface area (Å²) < 4.78 is 11.6. The fraction of sp³-hybridized carbons (Fsp3) is 0.647. The van der Waals surface area contributed by atoms with Crippen molar-refractivity contribution in [2.75, 3.05) is 13.2 Å². The Morgan fingerprint density at radius 3 is 2.20 bits per heavy atom. The third-order valence-corrected chi connectivity index (χ3v) is 4.05. The Balaban J connectivity index is 2.82. The lowest BCUT2D eigenvalue weighted by molar-refractivity contribution is 0.268. The van der Waals surface area contributed by atoms with Gasteiger partial charge in [0.1, 0.15) is 0 Å². The van der Waals surface area contributed by atoms with Crippen LogP contribution in [0.25, 0.3) is 0 Å². The topological polar surface area (TPSA) is 18.5 Å². The first kappa shape index (κ1) is 17.4. The zero-order valence-corrected chi connectivity index (χ0v) is 14.5. The first-order valence-electron chi connectivity index (χ1n) is 7.76. The molecule has 0 fully saturated rings. The van der Waals surface area contributed by atoms with Gasteiger partial charge in [-0.2, -0.15) is 0 Å². The van der Waals surface area contributed by atoms with Crippen LogP contribution in [0, 0.1) is 0 Å². The number of rotatable bonds is 10. The van der Waals surface area contributed by atoms with Gasteiger partial charge >= 0.3 is 0 Å². The van der Waals surface area contributed by atoms with Gasteiger partial charge in [-0.25, -0.2) is 0 Å². The Hall–Kier alpha value is -0.700. The molecule has 0 aromatic heterocycles. The number of hydrogen-bond donors (Lipinski definition) is 0. The minimum atomic E-state index is 0.395. The zero-order chi connectivity index (χ0) is 14.8. The molecule has 0 radical (unpaired) electrons. The summed E-state index contributed by atoms with van der Waals surface area (Å²) in [5.74, 6) is 1.73. The summed E-state index contributed by atoms with van der Waals surface area (Å²) in [6.45, 7) is 7.91. The highest BCUT2D eigenvalue weighted by Crippen LogP contribution is 2.35. The maximum Gasteiger partial charge on any atom is 0.161 e. The van der Waals surface area contributed by atoms with Gasteiger partial charge in [0.2, 0.25) is 0 Å². The van der Waals surface area contributed by atoms with Crippen LogP contribution in [-0.2, 0) is 0 Å². The van der Waals surface area contributed by atoms with Gasteiger partial charge in [0.15, 0.2) is 11.5 Å². The van der Waals surface area contributed by atoms with Crippen LogP contribution in [0.4, 0.5) is 0 Å². The molecule has 0 aliphatic heterocycles. The Morgan fingerprint density at radius 1 is 0.950 bits per heavy atom. The summed E-state index contributed by atoms with van der Waals surface area (Å²) >= 11 is 3.77. The van der Waals surface area contributed by atoms with E-state index in [1.807, 2.05) is 6.07 Å². The molecule has 0 aliphatic carbocycles. The van der Waals surface area contributed by atoms with E-state index in [1.165, 1.54) is 18.4 Å². The number of halogens is 1. The smallest absolute Gasteiger partial charge is 0.161 e. The van der Waals surface area contributed by atoms with Gasteiger partial charge in [0.25, 0.3) is 0 Å². The zero-order valence-electron chi connectivity index (χ0n) is 13.0. The van der Waals surface area contributed by atoms with Gasteiger partial charge in [0.05, 0.1) is 13.2 Å². The quantitative estimate of drug-likeness (QED) is 0.493. The van der Waals surface area contributed by atoms with E-state index in [9.17, 15) is 0 Å². The predicted molar refractivity (Wildman–Crippen MR) is 89.2 cm³/mol. The largest absolute Gasteiger partial charge is 0.490 e. The van der Waals surface area contributed by atoms with Crippen molar-refractivity contribution in [2.45, 2.75) is 57.7 Å². The molecule has 0 saturated carbocycles. The SMILES string of the molecule is CCCCC(Br)c1ccc(OCCC)c(OCCC)c1. The number of ether oxygens (including phenoxy) is 2. The molecule has 0 spiro atoms. The van der Waals surface area contributed by atoms with Gasteiger partial charge in [-0.3, -0.25) is 0 Å². The second kappa shape index (κ2) is 10.1. The molecule has 2 nitrogen and oxygen atoms in total. The lowest BCUT2D eigenvalue weighted by atomic mass is 10.1. The molecular weight excluding hydrogens is 316 g/mol. The molecule has 20 heavy (non-hydrogen) atoms. The van der Waals surface area contributed by atoms with Crippen LogP contribution in [0.2, 0.25) is 0 Å². The van der Waals surface area contributed by atoms with E-state index < -0.39 is 0 Å². The molecule has 0 heterocycles. The van der Waals surface area contributed by atoms with Crippen LogP contribution in [0.15, 0.2) is 18.2 Å². The first-order chi connectivity index (χ1) is 9.72. The maximum absolute atomic E-state index is 5.83. The van der Waals surface area contributed by atoms with E-state index in [0.29, 0.717) is 4.83 Å². The highest BCUT2D eigenvalue weighted by atomic mass is 79.9. The molecule has 0 amide bonds. The number of hydrogen-bond acceptors (Lipinski definition) is 2. The van der Waals surface area contributed by atoms with Crippen LogP contribution >= 0.6 is 15.9 Å². The molecule has 1 atom stereocenters. The fourth-order valence-corrected chi connectivity index (χ4v) is 2.53. The van der Waals surface area contributed by atoms with Crippen LogP contribution in [0.5, 0.6) is 11.5 Å². The summed E-state index contributed by atoms with van der Waals surface area (Å²) in [7, 11) is 0. The summed E-state index contributed by atoms with van der Waals surface area (Å²) in [5, 5.41) is 0. The van der Waals surface area contributed by atoms with Crippen molar-refractivity contribution in [1.29, 1.82) is 0 Å². The summed E-state index contributed by atoms with van der Waals surface area (Å²) in [6.07, 6.45) is 5.62. The third kappa shape index (κ3) is 5.74. The monoisotopic (exact) mass is 342 g/mol. The van der Waals surface area contributed by atoms with E-state index in [4.69, 9.17) is 9.47 Å². The van der Waals surface area contributed by atoms with Crippen molar-refractivity contribution < 1.29 is 9.47 Å². The molecule has 0 bridgehead atoms. The average Bonchev–Trinajstić information content (AvgIpc) is 2.48. The van der Waals surface area contributed by atoms with Gasteiger partial charge in [-0.15, -0.1) is 0 Å². The van der Waals surface area contributed by atoms with Crippen molar-refractivity contribution in [2.24, 2.45) is 0 Å². The van der Waals surface area contributed by atoms with Crippen molar-refractivity contribution in [3.63, 3.8) is 0 Å². The fourth-order valence-electron chi connectivity index (χ4n) is 1.93. The molecule has 114 valence electrons.